The number of nitrogens with one attached hydrogen (secondary N) is 1. The van der Waals surface area contributed by atoms with Crippen molar-refractivity contribution < 1.29 is 4.74 Å². The van der Waals surface area contributed by atoms with Gasteiger partial charge in [0, 0.05) is 63.1 Å². The Morgan fingerprint density at radius 2 is 1.92 bits per heavy atom. The zero-order valence-corrected chi connectivity index (χ0v) is 16.3. The van der Waals surface area contributed by atoms with Crippen molar-refractivity contribution >= 4 is 30.7 Å². The number of H-pyrrole nitrogens is 1. The minimum Gasteiger partial charge on any atom is -0.385 e. The van der Waals surface area contributed by atoms with E-state index in [4.69, 9.17) is 16.3 Å². The van der Waals surface area contributed by atoms with Gasteiger partial charge < -0.3 is 9.72 Å². The molecule has 3 aromatic heterocycles. The molecule has 0 atom stereocenters. The monoisotopic (exact) mass is 362 g/mol. The predicted octanol–water partition coefficient (Wildman–Crippen LogP) is 4.64. The zero-order chi connectivity index (χ0) is 17.6. The van der Waals surface area contributed by atoms with Crippen molar-refractivity contribution in [2.45, 2.75) is 25.7 Å². The SMILES string of the molecule is COCC[Si](C)(C)C.Clc1ccnc2[nH]cc(-c3cncnc3)c12. The Morgan fingerprint density at radius 3 is 2.50 bits per heavy atom. The van der Waals surface area contributed by atoms with Gasteiger partial charge in [-0.15, -0.1) is 0 Å². The van der Waals surface area contributed by atoms with Gasteiger partial charge in [-0.2, -0.15) is 0 Å². The normalized spacial score (nSPS) is 11.2. The van der Waals surface area contributed by atoms with Gasteiger partial charge in [-0.1, -0.05) is 31.2 Å². The highest BCUT2D eigenvalue weighted by Gasteiger charge is 2.11. The third kappa shape index (κ3) is 5.12. The number of aromatic amines is 1. The summed E-state index contributed by atoms with van der Waals surface area (Å²) < 4.78 is 4.95. The maximum Gasteiger partial charge on any atom is 0.139 e. The molecule has 0 aliphatic rings. The molecule has 1 N–H and O–H groups in total. The third-order valence-electron chi connectivity index (χ3n) is 3.45. The Labute approximate surface area is 148 Å². The molecule has 5 nitrogen and oxygen atoms in total. The van der Waals surface area contributed by atoms with Gasteiger partial charge in [-0.25, -0.2) is 15.0 Å². The molecule has 0 aliphatic carbocycles. The van der Waals surface area contributed by atoms with Crippen molar-refractivity contribution in [3.8, 4) is 11.1 Å². The van der Waals surface area contributed by atoms with Crippen LogP contribution in [-0.2, 0) is 4.74 Å². The first-order chi connectivity index (χ1) is 11.4. The molecule has 0 saturated heterocycles. The maximum absolute atomic E-state index is 6.15. The van der Waals surface area contributed by atoms with Crippen molar-refractivity contribution in [3.05, 3.63) is 42.2 Å². The summed E-state index contributed by atoms with van der Waals surface area (Å²) in [6, 6.07) is 3.05. The van der Waals surface area contributed by atoms with Crippen LogP contribution in [0.3, 0.4) is 0 Å². The van der Waals surface area contributed by atoms with Crippen LogP contribution in [0.5, 0.6) is 0 Å². The van der Waals surface area contributed by atoms with Gasteiger partial charge in [-0.3, -0.25) is 0 Å². The number of methoxy groups -OCH3 is 1. The van der Waals surface area contributed by atoms with E-state index in [-0.39, 0.29) is 0 Å². The number of fused-ring (bicyclic) bond motifs is 1. The smallest absolute Gasteiger partial charge is 0.139 e. The molecule has 24 heavy (non-hydrogen) atoms. The Kier molecular flexibility index (Phi) is 6.48. The number of pyridine rings is 1. The summed E-state index contributed by atoms with van der Waals surface area (Å²) in [6.45, 7) is 8.00. The molecule has 3 aromatic rings. The molecule has 0 aliphatic heterocycles. The van der Waals surface area contributed by atoms with Gasteiger partial charge in [0.05, 0.1) is 5.02 Å². The van der Waals surface area contributed by atoms with Crippen LogP contribution in [-0.4, -0.2) is 41.7 Å². The number of rotatable bonds is 4. The van der Waals surface area contributed by atoms with Gasteiger partial charge in [-0.05, 0) is 12.1 Å². The molecule has 0 saturated carbocycles. The molecular formula is C17H23ClN4OSi. The van der Waals surface area contributed by atoms with E-state index >= 15 is 0 Å². The van der Waals surface area contributed by atoms with E-state index in [1.54, 1.807) is 31.8 Å². The fourth-order valence-corrected chi connectivity index (χ4v) is 3.15. The molecule has 0 amide bonds. The van der Waals surface area contributed by atoms with Crippen LogP contribution in [0.1, 0.15) is 0 Å². The molecule has 128 valence electrons. The summed E-state index contributed by atoms with van der Waals surface area (Å²) in [5.74, 6) is 0. The fourth-order valence-electron chi connectivity index (χ4n) is 2.09. The highest BCUT2D eigenvalue weighted by Crippen LogP contribution is 2.31. The van der Waals surface area contributed by atoms with Crippen LogP contribution in [0.25, 0.3) is 22.2 Å². The molecule has 0 unspecified atom stereocenters. The first-order valence-electron chi connectivity index (χ1n) is 7.78. The Bertz CT molecular complexity index is 771. The van der Waals surface area contributed by atoms with Gasteiger partial charge >= 0.3 is 0 Å². The van der Waals surface area contributed by atoms with Gasteiger partial charge in [0.25, 0.3) is 0 Å². The Balaban J connectivity index is 0.000000224. The van der Waals surface area contributed by atoms with Crippen LogP contribution in [0.4, 0.5) is 0 Å². The number of aromatic nitrogens is 4. The van der Waals surface area contributed by atoms with Gasteiger partial charge in [0.15, 0.2) is 0 Å². The minimum atomic E-state index is -0.803. The van der Waals surface area contributed by atoms with E-state index in [1.807, 2.05) is 6.20 Å². The summed E-state index contributed by atoms with van der Waals surface area (Å²) in [6.07, 6.45) is 8.53. The summed E-state index contributed by atoms with van der Waals surface area (Å²) in [4.78, 5) is 15.3. The fraction of sp³-hybridized carbons (Fsp3) is 0.353. The van der Waals surface area contributed by atoms with Crippen molar-refractivity contribution in [2.24, 2.45) is 0 Å². The lowest BCUT2D eigenvalue weighted by molar-refractivity contribution is 0.214. The van der Waals surface area contributed by atoms with E-state index in [9.17, 15) is 0 Å². The standard InChI is InChI=1S/C11H7ClN4.C6H16OSi/c12-9-1-2-15-11-10(9)8(5-16-11)7-3-13-6-14-4-7;1-7-5-6-8(2,3)4/h1-6H,(H,15,16);5-6H2,1-4H3. The first kappa shape index (κ1) is 18.6. The van der Waals surface area contributed by atoms with E-state index in [0.29, 0.717) is 5.02 Å². The summed E-state index contributed by atoms with van der Waals surface area (Å²) in [5.41, 5.74) is 2.66. The number of hydrogen-bond donors (Lipinski definition) is 1. The van der Waals surface area contributed by atoms with Crippen molar-refractivity contribution in [2.75, 3.05) is 13.7 Å². The number of halogens is 1. The zero-order valence-electron chi connectivity index (χ0n) is 14.5. The van der Waals surface area contributed by atoms with Crippen LogP contribution in [0.15, 0.2) is 37.2 Å². The van der Waals surface area contributed by atoms with E-state index in [1.165, 1.54) is 12.4 Å². The molecule has 0 fully saturated rings. The molecular weight excluding hydrogens is 340 g/mol. The van der Waals surface area contributed by atoms with Gasteiger partial charge in [0.1, 0.15) is 12.0 Å². The summed E-state index contributed by atoms with van der Waals surface area (Å²) >= 11 is 6.15. The predicted molar refractivity (Wildman–Crippen MR) is 102 cm³/mol. The lowest BCUT2D eigenvalue weighted by Gasteiger charge is -2.13. The van der Waals surface area contributed by atoms with E-state index < -0.39 is 8.07 Å². The molecule has 0 aromatic carbocycles. The Morgan fingerprint density at radius 1 is 1.21 bits per heavy atom. The van der Waals surface area contributed by atoms with Gasteiger partial charge in [0.2, 0.25) is 0 Å². The highest BCUT2D eigenvalue weighted by molar-refractivity contribution is 6.76. The molecule has 0 spiro atoms. The molecule has 3 rings (SSSR count). The molecule has 7 heteroatoms. The summed E-state index contributed by atoms with van der Waals surface area (Å²) in [7, 11) is 0.961. The summed E-state index contributed by atoms with van der Waals surface area (Å²) in [5, 5.41) is 1.57. The molecule has 3 heterocycles. The van der Waals surface area contributed by atoms with Crippen LogP contribution in [0.2, 0.25) is 30.7 Å². The highest BCUT2D eigenvalue weighted by atomic mass is 35.5. The largest absolute Gasteiger partial charge is 0.385 e. The number of nitrogens with zero attached hydrogens (tertiary/aromatic N) is 3. The first-order valence-corrected chi connectivity index (χ1v) is 11.9. The second kappa shape index (κ2) is 8.37. The second-order valence-electron chi connectivity index (χ2n) is 6.65. The number of hydrogen-bond acceptors (Lipinski definition) is 4. The lowest BCUT2D eigenvalue weighted by Crippen LogP contribution is -2.21. The maximum atomic E-state index is 6.15. The minimum absolute atomic E-state index is 0.671. The van der Waals surface area contributed by atoms with Crippen LogP contribution in [0, 0.1) is 0 Å². The second-order valence-corrected chi connectivity index (χ2v) is 12.7. The average molecular weight is 363 g/mol. The van der Waals surface area contributed by atoms with Crippen molar-refractivity contribution in [3.63, 3.8) is 0 Å². The van der Waals surface area contributed by atoms with Crippen LogP contribution < -0.4 is 0 Å². The lowest BCUT2D eigenvalue weighted by atomic mass is 10.1. The topological polar surface area (TPSA) is 63.7 Å². The van der Waals surface area contributed by atoms with Crippen LogP contribution >= 0.6 is 11.6 Å². The molecule has 0 radical (unpaired) electrons. The third-order valence-corrected chi connectivity index (χ3v) is 5.47. The van der Waals surface area contributed by atoms with Crippen molar-refractivity contribution in [1.82, 2.24) is 19.9 Å². The van der Waals surface area contributed by atoms with E-state index in [0.717, 1.165) is 28.8 Å². The molecule has 0 bridgehead atoms. The van der Waals surface area contributed by atoms with Crippen molar-refractivity contribution in [1.29, 1.82) is 0 Å². The van der Waals surface area contributed by atoms with E-state index in [2.05, 4.69) is 39.6 Å². The quantitative estimate of drug-likeness (QED) is 0.686. The Hall–Kier alpha value is -1.76. The number of ether oxygens (including phenoxy) is 1. The average Bonchev–Trinajstić information content (AvgIpc) is 2.99.